The van der Waals surface area contributed by atoms with Crippen LogP contribution in [0.3, 0.4) is 0 Å². The molecule has 2 aromatic rings. The Labute approximate surface area is 122 Å². The van der Waals surface area contributed by atoms with E-state index in [-0.39, 0.29) is 6.61 Å². The minimum Gasteiger partial charge on any atom is -0.457 e. The summed E-state index contributed by atoms with van der Waals surface area (Å²) in [5, 5.41) is 0. The van der Waals surface area contributed by atoms with Gasteiger partial charge in [0.05, 0.1) is 5.56 Å². The first kappa shape index (κ1) is 14.6. The predicted octanol–water partition coefficient (Wildman–Crippen LogP) is 2.03. The Hall–Kier alpha value is -2.82. The van der Waals surface area contributed by atoms with E-state index in [0.29, 0.717) is 22.4 Å². The Morgan fingerprint density at radius 2 is 1.81 bits per heavy atom. The fourth-order valence-corrected chi connectivity index (χ4v) is 1.97. The molecule has 0 aliphatic rings. The number of anilines is 1. The van der Waals surface area contributed by atoms with Gasteiger partial charge in [0, 0.05) is 16.8 Å². The van der Waals surface area contributed by atoms with Crippen LogP contribution >= 0.6 is 0 Å². The van der Waals surface area contributed by atoms with Gasteiger partial charge >= 0.3 is 5.97 Å². The average molecular weight is 284 g/mol. The normalized spacial score (nSPS) is 10.1. The number of primary amides is 1. The Balaban J connectivity index is 2.15. The number of nitrogens with two attached hydrogens (primary N) is 2. The maximum absolute atomic E-state index is 12.1. The molecule has 0 radical (unpaired) electrons. The van der Waals surface area contributed by atoms with Crippen LogP contribution in [0.2, 0.25) is 0 Å². The summed E-state index contributed by atoms with van der Waals surface area (Å²) < 4.78 is 5.24. The highest BCUT2D eigenvalue weighted by Crippen LogP contribution is 2.16. The number of benzene rings is 2. The maximum atomic E-state index is 12.1. The second-order valence-electron chi connectivity index (χ2n) is 4.67. The molecule has 0 aliphatic carbocycles. The van der Waals surface area contributed by atoms with E-state index in [0.717, 1.165) is 5.56 Å². The number of amides is 1. The molecular weight excluding hydrogens is 268 g/mol. The number of hydrogen-bond donors (Lipinski definition) is 2. The molecule has 0 aliphatic heterocycles. The smallest absolute Gasteiger partial charge is 0.338 e. The monoisotopic (exact) mass is 284 g/mol. The number of aryl methyl sites for hydroxylation is 1. The van der Waals surface area contributed by atoms with Crippen LogP contribution in [0.5, 0.6) is 0 Å². The van der Waals surface area contributed by atoms with Crippen molar-refractivity contribution < 1.29 is 14.3 Å². The number of esters is 1. The molecule has 5 heteroatoms. The van der Waals surface area contributed by atoms with Crippen molar-refractivity contribution in [2.45, 2.75) is 13.5 Å². The van der Waals surface area contributed by atoms with Crippen LogP contribution in [0.4, 0.5) is 5.69 Å². The Kier molecular flexibility index (Phi) is 4.23. The van der Waals surface area contributed by atoms with E-state index >= 15 is 0 Å². The summed E-state index contributed by atoms with van der Waals surface area (Å²) in [6.07, 6.45) is 0. The van der Waals surface area contributed by atoms with Crippen LogP contribution < -0.4 is 11.5 Å². The van der Waals surface area contributed by atoms with Gasteiger partial charge in [-0.05, 0) is 30.7 Å². The Bertz CT molecular complexity index is 696. The standard InChI is InChI=1S/C16H16N2O3/c1-10-6-7-12(17)8-14(10)16(20)21-9-11-4-2-3-5-13(11)15(18)19/h2-8H,9,17H2,1H3,(H2,18,19). The van der Waals surface area contributed by atoms with E-state index in [1.54, 1.807) is 49.4 Å². The third-order valence-corrected chi connectivity index (χ3v) is 3.12. The minimum absolute atomic E-state index is 0.0216. The van der Waals surface area contributed by atoms with Crippen molar-refractivity contribution in [3.63, 3.8) is 0 Å². The zero-order valence-corrected chi connectivity index (χ0v) is 11.6. The van der Waals surface area contributed by atoms with Crippen molar-refractivity contribution >= 4 is 17.6 Å². The number of nitrogen functional groups attached to an aromatic ring is 1. The molecule has 4 N–H and O–H groups in total. The van der Waals surface area contributed by atoms with Crippen molar-refractivity contribution in [3.8, 4) is 0 Å². The quantitative estimate of drug-likeness (QED) is 0.663. The lowest BCUT2D eigenvalue weighted by Crippen LogP contribution is -2.15. The lowest BCUT2D eigenvalue weighted by Gasteiger charge is -2.10. The van der Waals surface area contributed by atoms with Gasteiger partial charge in [-0.25, -0.2) is 4.79 Å². The minimum atomic E-state index is -0.554. The summed E-state index contributed by atoms with van der Waals surface area (Å²) in [7, 11) is 0. The molecule has 0 unspecified atom stereocenters. The fourth-order valence-electron chi connectivity index (χ4n) is 1.97. The van der Waals surface area contributed by atoms with E-state index in [4.69, 9.17) is 16.2 Å². The van der Waals surface area contributed by atoms with Gasteiger partial charge < -0.3 is 16.2 Å². The SMILES string of the molecule is Cc1ccc(N)cc1C(=O)OCc1ccccc1C(N)=O. The van der Waals surface area contributed by atoms with Gasteiger partial charge in [-0.3, -0.25) is 4.79 Å². The van der Waals surface area contributed by atoms with Crippen molar-refractivity contribution in [2.24, 2.45) is 5.73 Å². The van der Waals surface area contributed by atoms with Gasteiger partial charge in [-0.15, -0.1) is 0 Å². The molecule has 1 amide bonds. The molecule has 0 fully saturated rings. The van der Waals surface area contributed by atoms with Crippen LogP contribution in [-0.4, -0.2) is 11.9 Å². The first-order valence-electron chi connectivity index (χ1n) is 6.40. The molecule has 0 heterocycles. The molecule has 0 atom stereocenters. The number of carbonyl (C=O) groups excluding carboxylic acids is 2. The summed E-state index contributed by atoms with van der Waals surface area (Å²) in [6.45, 7) is 1.78. The highest BCUT2D eigenvalue weighted by atomic mass is 16.5. The molecule has 2 aromatic carbocycles. The summed E-state index contributed by atoms with van der Waals surface area (Å²) in [4.78, 5) is 23.4. The molecule has 21 heavy (non-hydrogen) atoms. The third kappa shape index (κ3) is 3.39. The summed E-state index contributed by atoms with van der Waals surface area (Å²) in [6, 6.07) is 11.8. The number of rotatable bonds is 4. The van der Waals surface area contributed by atoms with Crippen LogP contribution in [0.25, 0.3) is 0 Å². The lowest BCUT2D eigenvalue weighted by atomic mass is 10.1. The molecule has 0 spiro atoms. The van der Waals surface area contributed by atoms with E-state index in [1.165, 1.54) is 0 Å². The Morgan fingerprint density at radius 3 is 2.52 bits per heavy atom. The first-order chi connectivity index (χ1) is 9.99. The van der Waals surface area contributed by atoms with Crippen molar-refractivity contribution in [3.05, 3.63) is 64.7 Å². The van der Waals surface area contributed by atoms with Crippen molar-refractivity contribution in [2.75, 3.05) is 5.73 Å². The van der Waals surface area contributed by atoms with Gasteiger partial charge in [0.15, 0.2) is 0 Å². The number of carbonyl (C=O) groups is 2. The Morgan fingerprint density at radius 1 is 1.10 bits per heavy atom. The van der Waals surface area contributed by atoms with Crippen molar-refractivity contribution in [1.82, 2.24) is 0 Å². The van der Waals surface area contributed by atoms with Crippen LogP contribution in [-0.2, 0) is 11.3 Å². The zero-order valence-electron chi connectivity index (χ0n) is 11.6. The highest BCUT2D eigenvalue weighted by Gasteiger charge is 2.13. The summed E-state index contributed by atoms with van der Waals surface area (Å²) in [5.41, 5.74) is 13.5. The summed E-state index contributed by atoms with van der Waals surface area (Å²) >= 11 is 0. The van der Waals surface area contributed by atoms with Crippen LogP contribution in [0.1, 0.15) is 31.8 Å². The van der Waals surface area contributed by atoms with Gasteiger partial charge in [-0.2, -0.15) is 0 Å². The molecule has 108 valence electrons. The third-order valence-electron chi connectivity index (χ3n) is 3.12. The number of hydrogen-bond acceptors (Lipinski definition) is 4. The topological polar surface area (TPSA) is 95.4 Å². The largest absolute Gasteiger partial charge is 0.457 e. The second kappa shape index (κ2) is 6.09. The van der Waals surface area contributed by atoms with Crippen molar-refractivity contribution in [1.29, 1.82) is 0 Å². The molecule has 5 nitrogen and oxygen atoms in total. The molecule has 2 rings (SSSR count). The van der Waals surface area contributed by atoms with Gasteiger partial charge in [-0.1, -0.05) is 24.3 Å². The predicted molar refractivity (Wildman–Crippen MR) is 79.7 cm³/mol. The van der Waals surface area contributed by atoms with E-state index in [2.05, 4.69) is 0 Å². The molecule has 0 saturated heterocycles. The fraction of sp³-hybridized carbons (Fsp3) is 0.125. The van der Waals surface area contributed by atoms with Gasteiger partial charge in [0.1, 0.15) is 6.61 Å². The average Bonchev–Trinajstić information content (AvgIpc) is 2.47. The molecule has 0 saturated carbocycles. The molecule has 0 bridgehead atoms. The highest BCUT2D eigenvalue weighted by molar-refractivity contribution is 5.95. The number of ether oxygens (including phenoxy) is 1. The van der Waals surface area contributed by atoms with Gasteiger partial charge in [0.2, 0.25) is 5.91 Å². The second-order valence-corrected chi connectivity index (χ2v) is 4.67. The van der Waals surface area contributed by atoms with E-state index in [9.17, 15) is 9.59 Å². The molecular formula is C16H16N2O3. The molecule has 0 aromatic heterocycles. The van der Waals surface area contributed by atoms with E-state index < -0.39 is 11.9 Å². The zero-order chi connectivity index (χ0) is 15.4. The maximum Gasteiger partial charge on any atom is 0.338 e. The lowest BCUT2D eigenvalue weighted by molar-refractivity contribution is 0.0469. The van der Waals surface area contributed by atoms with Gasteiger partial charge in [0.25, 0.3) is 0 Å². The first-order valence-corrected chi connectivity index (χ1v) is 6.40. The van der Waals surface area contributed by atoms with Crippen LogP contribution in [0.15, 0.2) is 42.5 Å². The van der Waals surface area contributed by atoms with Crippen LogP contribution in [0, 0.1) is 6.92 Å². The summed E-state index contributed by atoms with van der Waals surface area (Å²) in [5.74, 6) is -1.04. The van der Waals surface area contributed by atoms with E-state index in [1.807, 2.05) is 0 Å².